The van der Waals surface area contributed by atoms with E-state index in [2.05, 4.69) is 0 Å². The van der Waals surface area contributed by atoms with Gasteiger partial charge < -0.3 is 10.2 Å². The summed E-state index contributed by atoms with van der Waals surface area (Å²) in [6.45, 7) is 0. The Labute approximate surface area is 89.1 Å². The number of hydrogen-bond acceptors (Lipinski definition) is 2. The van der Waals surface area contributed by atoms with E-state index in [0.29, 0.717) is 12.1 Å². The summed E-state index contributed by atoms with van der Waals surface area (Å²) in [4.78, 5) is 20.7. The smallest absolute Gasteiger partial charge is 0.335 e. The summed E-state index contributed by atoms with van der Waals surface area (Å²) in [7, 11) is 0. The van der Waals surface area contributed by atoms with Crippen LogP contribution in [-0.4, -0.2) is 22.2 Å². The summed E-state index contributed by atoms with van der Waals surface area (Å²) in [6.07, 6.45) is -0.729. The molecule has 0 aliphatic rings. The van der Waals surface area contributed by atoms with Crippen LogP contribution in [0, 0.1) is 11.6 Å². The topological polar surface area (TPSA) is 74.6 Å². The summed E-state index contributed by atoms with van der Waals surface area (Å²) in [5.74, 6) is -4.71. The second-order valence-electron chi connectivity index (χ2n) is 3.12. The van der Waals surface area contributed by atoms with Crippen LogP contribution in [0.2, 0.25) is 0 Å². The van der Waals surface area contributed by atoms with E-state index >= 15 is 0 Å². The molecule has 0 atom stereocenters. The highest BCUT2D eigenvalue weighted by molar-refractivity contribution is 5.87. The Morgan fingerprint density at radius 3 is 2.00 bits per heavy atom. The van der Waals surface area contributed by atoms with Crippen LogP contribution in [0.3, 0.4) is 0 Å². The quantitative estimate of drug-likeness (QED) is 0.825. The zero-order chi connectivity index (χ0) is 12.3. The molecule has 1 rings (SSSR count). The number of rotatable bonds is 4. The lowest BCUT2D eigenvalue weighted by Crippen LogP contribution is -2.05. The van der Waals surface area contributed by atoms with E-state index in [4.69, 9.17) is 10.2 Å². The van der Waals surface area contributed by atoms with Gasteiger partial charge in [-0.1, -0.05) is 0 Å². The van der Waals surface area contributed by atoms with Gasteiger partial charge in [-0.2, -0.15) is 0 Å². The molecule has 0 saturated heterocycles. The van der Waals surface area contributed by atoms with Crippen LogP contribution in [0.5, 0.6) is 0 Å². The normalized spacial score (nSPS) is 10.1. The first-order valence-electron chi connectivity index (χ1n) is 4.35. The average Bonchev–Trinajstić information content (AvgIpc) is 2.15. The van der Waals surface area contributed by atoms with Crippen molar-refractivity contribution in [1.82, 2.24) is 0 Å². The molecule has 1 aromatic carbocycles. The molecular formula is C10H8F2O4. The van der Waals surface area contributed by atoms with Gasteiger partial charge in [0.15, 0.2) is 0 Å². The highest BCUT2D eigenvalue weighted by Crippen LogP contribution is 2.17. The molecule has 0 unspecified atom stereocenters. The van der Waals surface area contributed by atoms with Crippen LogP contribution < -0.4 is 0 Å². The second-order valence-corrected chi connectivity index (χ2v) is 3.12. The third-order valence-electron chi connectivity index (χ3n) is 1.98. The van der Waals surface area contributed by atoms with Crippen LogP contribution in [0.4, 0.5) is 8.78 Å². The number of carbonyl (C=O) groups is 2. The number of carboxylic acids is 2. The molecule has 0 fully saturated rings. The van der Waals surface area contributed by atoms with Crippen molar-refractivity contribution >= 4 is 11.9 Å². The molecular weight excluding hydrogens is 222 g/mol. The van der Waals surface area contributed by atoms with E-state index < -0.39 is 41.1 Å². The summed E-state index contributed by atoms with van der Waals surface area (Å²) >= 11 is 0. The van der Waals surface area contributed by atoms with Crippen LogP contribution in [-0.2, 0) is 11.2 Å². The van der Waals surface area contributed by atoms with Gasteiger partial charge in [0.05, 0.1) is 5.56 Å². The van der Waals surface area contributed by atoms with Gasteiger partial charge in [-0.25, -0.2) is 13.6 Å². The Bertz CT molecular complexity index is 419. The minimum atomic E-state index is -1.44. The Hall–Kier alpha value is -1.98. The first kappa shape index (κ1) is 12.1. The highest BCUT2D eigenvalue weighted by atomic mass is 19.1. The molecule has 0 aliphatic carbocycles. The van der Waals surface area contributed by atoms with Crippen molar-refractivity contribution in [2.45, 2.75) is 12.8 Å². The predicted octanol–water partition coefficient (Wildman–Crippen LogP) is 1.68. The van der Waals surface area contributed by atoms with E-state index in [1.807, 2.05) is 0 Å². The molecule has 0 amide bonds. The molecule has 0 spiro atoms. The van der Waals surface area contributed by atoms with Crippen molar-refractivity contribution in [3.63, 3.8) is 0 Å². The molecule has 4 nitrogen and oxygen atoms in total. The Morgan fingerprint density at radius 2 is 1.62 bits per heavy atom. The van der Waals surface area contributed by atoms with Gasteiger partial charge in [0.1, 0.15) is 11.6 Å². The predicted molar refractivity (Wildman–Crippen MR) is 49.3 cm³/mol. The van der Waals surface area contributed by atoms with E-state index in [1.165, 1.54) is 0 Å². The number of hydrogen-bond donors (Lipinski definition) is 2. The van der Waals surface area contributed by atoms with Gasteiger partial charge in [0.25, 0.3) is 0 Å². The molecule has 6 heteroatoms. The van der Waals surface area contributed by atoms with E-state index in [-0.39, 0.29) is 6.42 Å². The number of benzene rings is 1. The molecule has 1 aromatic rings. The Morgan fingerprint density at radius 1 is 1.12 bits per heavy atom. The lowest BCUT2D eigenvalue weighted by Gasteiger charge is -2.04. The summed E-state index contributed by atoms with van der Waals surface area (Å²) in [5.41, 5.74) is -0.915. The van der Waals surface area contributed by atoms with Crippen LogP contribution in [0.25, 0.3) is 0 Å². The van der Waals surface area contributed by atoms with Gasteiger partial charge in [0.2, 0.25) is 0 Å². The van der Waals surface area contributed by atoms with Gasteiger partial charge >= 0.3 is 11.9 Å². The fraction of sp³-hybridized carbons (Fsp3) is 0.200. The third-order valence-corrected chi connectivity index (χ3v) is 1.98. The van der Waals surface area contributed by atoms with Gasteiger partial charge in [0, 0.05) is 12.0 Å². The van der Waals surface area contributed by atoms with Crippen LogP contribution in [0.15, 0.2) is 12.1 Å². The first-order chi connectivity index (χ1) is 7.41. The van der Waals surface area contributed by atoms with Crippen LogP contribution >= 0.6 is 0 Å². The standard InChI is InChI=1S/C10H8F2O4/c11-7-3-5(10(15)16)4-8(12)6(7)1-2-9(13)14/h3-4H,1-2H2,(H,13,14)(H,15,16). The fourth-order valence-corrected chi connectivity index (χ4v) is 1.20. The van der Waals surface area contributed by atoms with E-state index in [9.17, 15) is 18.4 Å². The largest absolute Gasteiger partial charge is 0.481 e. The van der Waals surface area contributed by atoms with Gasteiger partial charge in [-0.3, -0.25) is 4.79 Å². The molecule has 0 aliphatic heterocycles. The lowest BCUT2D eigenvalue weighted by molar-refractivity contribution is -0.136. The van der Waals surface area contributed by atoms with Gasteiger partial charge in [-0.05, 0) is 18.6 Å². The Balaban J connectivity index is 3.03. The maximum atomic E-state index is 13.2. The molecule has 0 heterocycles. The minimum absolute atomic E-state index is 0.313. The zero-order valence-corrected chi connectivity index (χ0v) is 8.04. The third kappa shape index (κ3) is 2.75. The van der Waals surface area contributed by atoms with E-state index in [0.717, 1.165) is 0 Å². The fourth-order valence-electron chi connectivity index (χ4n) is 1.20. The number of halogens is 2. The minimum Gasteiger partial charge on any atom is -0.481 e. The SMILES string of the molecule is O=C(O)CCc1c(F)cc(C(=O)O)cc1F. The molecule has 0 aromatic heterocycles. The van der Waals surface area contributed by atoms with Crippen molar-refractivity contribution < 1.29 is 28.6 Å². The maximum Gasteiger partial charge on any atom is 0.335 e. The van der Waals surface area contributed by atoms with Crippen LogP contribution in [0.1, 0.15) is 22.3 Å². The van der Waals surface area contributed by atoms with Crippen molar-refractivity contribution in [1.29, 1.82) is 0 Å². The summed E-state index contributed by atoms with van der Waals surface area (Å²) < 4.78 is 26.5. The maximum absolute atomic E-state index is 13.2. The molecule has 16 heavy (non-hydrogen) atoms. The molecule has 2 N–H and O–H groups in total. The number of aromatic carboxylic acids is 1. The molecule has 86 valence electrons. The second kappa shape index (κ2) is 4.69. The van der Waals surface area contributed by atoms with E-state index in [1.54, 1.807) is 0 Å². The first-order valence-corrected chi connectivity index (χ1v) is 4.35. The summed E-state index contributed by atoms with van der Waals surface area (Å²) in [5, 5.41) is 16.9. The van der Waals surface area contributed by atoms with Crippen molar-refractivity contribution in [3.8, 4) is 0 Å². The number of aliphatic carboxylic acids is 1. The zero-order valence-electron chi connectivity index (χ0n) is 8.04. The highest BCUT2D eigenvalue weighted by Gasteiger charge is 2.15. The molecule has 0 saturated carbocycles. The summed E-state index contributed by atoms with van der Waals surface area (Å²) in [6, 6.07) is 1.34. The van der Waals surface area contributed by atoms with Gasteiger partial charge in [-0.15, -0.1) is 0 Å². The van der Waals surface area contributed by atoms with Crippen molar-refractivity contribution in [2.24, 2.45) is 0 Å². The molecule has 0 radical (unpaired) electrons. The Kier molecular flexibility index (Phi) is 3.55. The van der Waals surface area contributed by atoms with Crippen molar-refractivity contribution in [3.05, 3.63) is 34.9 Å². The van der Waals surface area contributed by atoms with Crippen molar-refractivity contribution in [2.75, 3.05) is 0 Å². The average molecular weight is 230 g/mol. The molecule has 0 bridgehead atoms. The number of carboxylic acid groups (broad SMARTS) is 2. The monoisotopic (exact) mass is 230 g/mol. The lowest BCUT2D eigenvalue weighted by atomic mass is 10.1.